The van der Waals surface area contributed by atoms with Crippen LogP contribution < -0.4 is 25.7 Å². The zero-order chi connectivity index (χ0) is 24.3. The van der Waals surface area contributed by atoms with E-state index in [1.807, 2.05) is 6.07 Å². The van der Waals surface area contributed by atoms with E-state index in [4.69, 9.17) is 37.8 Å². The molecule has 8 nitrogen and oxygen atoms in total. The molecule has 2 heterocycles. The summed E-state index contributed by atoms with van der Waals surface area (Å²) >= 11 is 12.5. The van der Waals surface area contributed by atoms with Crippen molar-refractivity contribution in [2.45, 2.75) is 32.1 Å². The highest BCUT2D eigenvalue weighted by atomic mass is 35.5. The second kappa shape index (κ2) is 13.4. The monoisotopic (exact) mass is 508 g/mol. The van der Waals surface area contributed by atoms with Crippen LogP contribution in [0, 0.1) is 0 Å². The smallest absolute Gasteiger partial charge is 0.250 e. The lowest BCUT2D eigenvalue weighted by Gasteiger charge is -2.16. The maximum Gasteiger partial charge on any atom is 0.250 e. The Balaban J connectivity index is 1.71. The molecule has 4 N–H and O–H groups in total. The molecule has 0 spiro atoms. The number of methoxy groups -OCH3 is 1. The first-order valence-electron chi connectivity index (χ1n) is 11.3. The van der Waals surface area contributed by atoms with Gasteiger partial charge in [0.05, 0.1) is 40.7 Å². The number of unbranched alkanes of at least 4 members (excludes halogenated alkanes) is 3. The zero-order valence-electron chi connectivity index (χ0n) is 19.1. The van der Waals surface area contributed by atoms with Gasteiger partial charge in [0.1, 0.15) is 0 Å². The number of hydrogen-bond acceptors (Lipinski definition) is 7. The third-order valence-electron chi connectivity index (χ3n) is 5.27. The first-order chi connectivity index (χ1) is 16.5. The molecule has 34 heavy (non-hydrogen) atoms. The summed E-state index contributed by atoms with van der Waals surface area (Å²) in [5.41, 5.74) is 1.23. The number of hydrogen-bond donors (Lipinski definition) is 4. The van der Waals surface area contributed by atoms with E-state index < -0.39 is 0 Å². The van der Waals surface area contributed by atoms with Gasteiger partial charge in [-0.15, -0.1) is 0 Å². The highest BCUT2D eigenvalue weighted by molar-refractivity contribution is 6.39. The summed E-state index contributed by atoms with van der Waals surface area (Å²) in [6.45, 7) is 2.50. The SMILES string of the molecule is COc1ccc2c(Nc3c(Cl)cncc3Cl)cc(=O)[nH]c2c1OCCCCCCNCCCO. The van der Waals surface area contributed by atoms with Gasteiger partial charge in [-0.05, 0) is 44.5 Å². The van der Waals surface area contributed by atoms with Crippen LogP contribution in [0.25, 0.3) is 10.9 Å². The Morgan fingerprint density at radius 2 is 1.79 bits per heavy atom. The van der Waals surface area contributed by atoms with E-state index in [0.717, 1.165) is 50.6 Å². The molecular formula is C24H30Cl2N4O4. The molecule has 3 aromatic rings. The quantitative estimate of drug-likeness (QED) is 0.229. The van der Waals surface area contributed by atoms with Gasteiger partial charge in [-0.2, -0.15) is 0 Å². The Bertz CT molecular complexity index is 1120. The second-order valence-electron chi connectivity index (χ2n) is 7.76. The summed E-state index contributed by atoms with van der Waals surface area (Å²) in [6, 6.07) is 5.08. The minimum atomic E-state index is -0.303. The van der Waals surface area contributed by atoms with Crippen LogP contribution in [-0.2, 0) is 0 Å². The maximum atomic E-state index is 12.5. The van der Waals surface area contributed by atoms with Crippen molar-refractivity contribution in [3.63, 3.8) is 0 Å². The summed E-state index contributed by atoms with van der Waals surface area (Å²) in [6.07, 6.45) is 7.80. The molecule has 2 aromatic heterocycles. The number of aromatic amines is 1. The molecule has 0 aliphatic heterocycles. The van der Waals surface area contributed by atoms with Crippen molar-refractivity contribution in [1.29, 1.82) is 0 Å². The average molecular weight is 509 g/mol. The predicted molar refractivity (Wildman–Crippen MR) is 137 cm³/mol. The van der Waals surface area contributed by atoms with Crippen LogP contribution in [0.3, 0.4) is 0 Å². The van der Waals surface area contributed by atoms with Gasteiger partial charge in [0.2, 0.25) is 0 Å². The van der Waals surface area contributed by atoms with Crippen LogP contribution in [0.2, 0.25) is 10.0 Å². The topological polar surface area (TPSA) is 108 Å². The molecule has 0 atom stereocenters. The molecule has 0 radical (unpaired) electrons. The van der Waals surface area contributed by atoms with Crippen molar-refractivity contribution in [2.75, 3.05) is 38.7 Å². The van der Waals surface area contributed by atoms with Gasteiger partial charge in [-0.1, -0.05) is 36.0 Å². The van der Waals surface area contributed by atoms with Crippen LogP contribution in [0.1, 0.15) is 32.1 Å². The number of H-pyrrole nitrogens is 1. The zero-order valence-corrected chi connectivity index (χ0v) is 20.6. The van der Waals surface area contributed by atoms with Crippen LogP contribution in [0.4, 0.5) is 11.4 Å². The molecule has 184 valence electrons. The maximum absolute atomic E-state index is 12.5. The van der Waals surface area contributed by atoms with Crippen LogP contribution >= 0.6 is 23.2 Å². The lowest BCUT2D eigenvalue weighted by Crippen LogP contribution is -2.17. The lowest BCUT2D eigenvalue weighted by atomic mass is 10.1. The second-order valence-corrected chi connectivity index (χ2v) is 8.57. The first kappa shape index (κ1) is 26.1. The molecule has 0 saturated carbocycles. The van der Waals surface area contributed by atoms with Gasteiger partial charge in [-0.25, -0.2) is 0 Å². The summed E-state index contributed by atoms with van der Waals surface area (Å²) in [4.78, 5) is 19.3. The molecule has 3 rings (SSSR count). The van der Waals surface area contributed by atoms with E-state index in [1.54, 1.807) is 13.2 Å². The number of ether oxygens (including phenoxy) is 2. The van der Waals surface area contributed by atoms with Crippen LogP contribution in [-0.4, -0.2) is 48.5 Å². The van der Waals surface area contributed by atoms with Crippen molar-refractivity contribution in [2.24, 2.45) is 0 Å². The van der Waals surface area contributed by atoms with E-state index in [2.05, 4.69) is 20.6 Å². The Hall–Kier alpha value is -2.52. The number of nitrogens with one attached hydrogen (secondary N) is 3. The number of fused-ring (bicyclic) bond motifs is 1. The van der Waals surface area contributed by atoms with Gasteiger partial charge in [-0.3, -0.25) is 9.78 Å². The number of aromatic nitrogens is 2. The van der Waals surface area contributed by atoms with Crippen LogP contribution in [0.15, 0.2) is 35.4 Å². The van der Waals surface area contributed by atoms with Crippen molar-refractivity contribution < 1.29 is 14.6 Å². The van der Waals surface area contributed by atoms with Crippen molar-refractivity contribution in [1.82, 2.24) is 15.3 Å². The first-order valence-corrected chi connectivity index (χ1v) is 12.0. The molecule has 0 bridgehead atoms. The summed E-state index contributed by atoms with van der Waals surface area (Å²) in [5.74, 6) is 1.02. The number of pyridine rings is 2. The van der Waals surface area contributed by atoms with E-state index in [1.165, 1.54) is 18.5 Å². The Morgan fingerprint density at radius 3 is 2.53 bits per heavy atom. The number of rotatable bonds is 14. The molecule has 0 aliphatic rings. The molecule has 0 fully saturated rings. The van der Waals surface area contributed by atoms with E-state index >= 15 is 0 Å². The fourth-order valence-corrected chi connectivity index (χ4v) is 4.02. The minimum absolute atomic E-state index is 0.218. The number of nitrogens with zero attached hydrogens (tertiary/aromatic N) is 1. The Kier molecular flexibility index (Phi) is 10.3. The molecule has 0 saturated heterocycles. The fraction of sp³-hybridized carbons (Fsp3) is 0.417. The third-order valence-corrected chi connectivity index (χ3v) is 5.85. The van der Waals surface area contributed by atoms with Gasteiger partial charge >= 0.3 is 0 Å². The summed E-state index contributed by atoms with van der Waals surface area (Å²) in [7, 11) is 1.56. The number of aliphatic hydroxyl groups excluding tert-OH is 1. The predicted octanol–water partition coefficient (Wildman–Crippen LogP) is 4.89. The van der Waals surface area contributed by atoms with Gasteiger partial charge < -0.3 is 30.2 Å². The molecular weight excluding hydrogens is 479 g/mol. The fourth-order valence-electron chi connectivity index (χ4n) is 3.56. The van der Waals surface area contributed by atoms with Crippen LogP contribution in [0.5, 0.6) is 11.5 Å². The Labute approximate surface area is 208 Å². The minimum Gasteiger partial charge on any atom is -0.493 e. The number of anilines is 2. The average Bonchev–Trinajstić information content (AvgIpc) is 2.82. The van der Waals surface area contributed by atoms with E-state index in [-0.39, 0.29) is 12.2 Å². The van der Waals surface area contributed by atoms with Crippen molar-refractivity contribution >= 4 is 45.5 Å². The molecule has 0 unspecified atom stereocenters. The molecule has 0 amide bonds. The number of aliphatic hydroxyl groups is 1. The highest BCUT2D eigenvalue weighted by Gasteiger charge is 2.16. The summed E-state index contributed by atoms with van der Waals surface area (Å²) < 4.78 is 11.6. The van der Waals surface area contributed by atoms with Gasteiger partial charge in [0, 0.05) is 30.5 Å². The number of benzene rings is 1. The Morgan fingerprint density at radius 1 is 1.06 bits per heavy atom. The highest BCUT2D eigenvalue weighted by Crippen LogP contribution is 2.39. The largest absolute Gasteiger partial charge is 0.493 e. The molecule has 1 aromatic carbocycles. The lowest BCUT2D eigenvalue weighted by molar-refractivity contribution is 0.284. The molecule has 0 aliphatic carbocycles. The van der Waals surface area contributed by atoms with E-state index in [9.17, 15) is 4.79 Å². The van der Waals surface area contributed by atoms with Gasteiger partial charge in [0.25, 0.3) is 5.56 Å². The van der Waals surface area contributed by atoms with Crippen molar-refractivity contribution in [3.8, 4) is 11.5 Å². The normalized spacial score (nSPS) is 11.1. The summed E-state index contributed by atoms with van der Waals surface area (Å²) in [5, 5.41) is 16.7. The molecule has 10 heteroatoms. The van der Waals surface area contributed by atoms with Gasteiger partial charge in [0.15, 0.2) is 11.5 Å². The standard InChI is InChI=1S/C24H30Cl2N4O4/c1-33-20-8-7-16-19(29-23-17(25)14-28-15-18(23)26)13-21(32)30-22(16)24(20)34-12-5-3-2-4-9-27-10-6-11-31/h7-8,13-15,27,31H,2-6,9-12H2,1H3,(H2,28,29,30,32). The third kappa shape index (κ3) is 6.99. The number of halogens is 2. The van der Waals surface area contributed by atoms with Crippen molar-refractivity contribution in [3.05, 3.63) is 51.0 Å². The van der Waals surface area contributed by atoms with E-state index in [0.29, 0.717) is 45.0 Å².